The Kier molecular flexibility index (Phi) is 8.88. The van der Waals surface area contributed by atoms with E-state index in [1.165, 1.54) is 61.6 Å². The summed E-state index contributed by atoms with van der Waals surface area (Å²) >= 11 is 0. The molecule has 5 aromatic rings. The molecule has 2 heterocycles. The molecule has 1 fully saturated rings. The number of aryl methyl sites for hydroxylation is 1. The molecule has 0 bridgehead atoms. The highest BCUT2D eigenvalue weighted by Crippen LogP contribution is 2.42. The molecule has 254 valence electrons. The number of benzene rings is 4. The molecule has 0 radical (unpaired) electrons. The second kappa shape index (κ2) is 13.0. The zero-order valence-corrected chi connectivity index (χ0v) is 26.4. The fourth-order valence-corrected chi connectivity index (χ4v) is 6.49. The molecule has 6 rings (SSSR count). The van der Waals surface area contributed by atoms with E-state index in [1.54, 1.807) is 11.0 Å². The van der Waals surface area contributed by atoms with Crippen LogP contribution in [0, 0.1) is 11.6 Å². The molecule has 4 aromatic carbocycles. The van der Waals surface area contributed by atoms with E-state index in [-0.39, 0.29) is 34.0 Å². The van der Waals surface area contributed by atoms with E-state index in [0.717, 1.165) is 16.7 Å². The average Bonchev–Trinajstić information content (AvgIpc) is 3.05. The normalized spacial score (nSPS) is 14.7. The molecule has 1 aliphatic heterocycles. The topological polar surface area (TPSA) is 94.9 Å². The Morgan fingerprint density at radius 2 is 1.47 bits per heavy atom. The van der Waals surface area contributed by atoms with Gasteiger partial charge in [-0.3, -0.25) is 9.59 Å². The van der Waals surface area contributed by atoms with Gasteiger partial charge in [0.25, 0.3) is 11.5 Å². The minimum absolute atomic E-state index is 0.0153. The van der Waals surface area contributed by atoms with Crippen LogP contribution in [0.1, 0.15) is 21.5 Å². The summed E-state index contributed by atoms with van der Waals surface area (Å²) in [6, 6.07) is 15.1. The first kappa shape index (κ1) is 33.6. The fraction of sp³-hybridized carbons (Fsp3) is 0.250. The summed E-state index contributed by atoms with van der Waals surface area (Å²) in [4.78, 5) is 42.9. The molecule has 1 saturated heterocycles. The van der Waals surface area contributed by atoms with E-state index in [1.807, 2.05) is 7.05 Å². The number of nitrogens with one attached hydrogen (secondary N) is 1. The third kappa shape index (κ3) is 6.33. The predicted octanol–water partition coefficient (Wildman–Crippen LogP) is 5.83. The number of carbonyl (C=O) groups is 2. The number of hydrogen-bond acceptors (Lipinski definition) is 5. The van der Waals surface area contributed by atoms with Crippen LogP contribution in [-0.4, -0.2) is 65.7 Å². The minimum atomic E-state index is -4.89. The second-order valence-corrected chi connectivity index (χ2v) is 12.1. The second-order valence-electron chi connectivity index (χ2n) is 12.1. The van der Waals surface area contributed by atoms with Gasteiger partial charge in [-0.1, -0.05) is 54.6 Å². The number of pyridine rings is 1. The monoisotopic (exact) mass is 678 g/mol. The molecule has 0 saturated carbocycles. The van der Waals surface area contributed by atoms with Gasteiger partial charge in [-0.15, -0.1) is 0 Å². The van der Waals surface area contributed by atoms with E-state index in [4.69, 9.17) is 0 Å². The number of carboxylic acid groups (broad SMARTS) is 1. The van der Waals surface area contributed by atoms with Gasteiger partial charge >= 0.3 is 12.1 Å². The first-order valence-electron chi connectivity index (χ1n) is 15.4. The predicted molar refractivity (Wildman–Crippen MR) is 176 cm³/mol. The number of aromatic nitrogens is 1. The molecule has 0 aliphatic carbocycles. The van der Waals surface area contributed by atoms with Gasteiger partial charge in [-0.05, 0) is 47.1 Å². The number of likely N-dealkylation sites (N-methyl/N-ethyl adjacent to an activating group) is 1. The molecule has 49 heavy (non-hydrogen) atoms. The van der Waals surface area contributed by atoms with Gasteiger partial charge in [0.1, 0.15) is 23.2 Å². The first-order chi connectivity index (χ1) is 23.3. The molecular formula is C36H31F5N4O4. The number of aliphatic carboxylic acids is 1. The lowest BCUT2D eigenvalue weighted by Crippen LogP contribution is -2.45. The smallest absolute Gasteiger partial charge is 0.417 e. The number of piperazine rings is 1. The quantitative estimate of drug-likeness (QED) is 0.211. The van der Waals surface area contributed by atoms with Crippen LogP contribution in [0.5, 0.6) is 0 Å². The van der Waals surface area contributed by atoms with Crippen LogP contribution in [-0.2, 0) is 24.4 Å². The number of para-hydroxylation sites is 1. The maximum Gasteiger partial charge on any atom is 0.417 e. The summed E-state index contributed by atoms with van der Waals surface area (Å²) in [7, 11) is 3.31. The van der Waals surface area contributed by atoms with Gasteiger partial charge in [0.15, 0.2) is 0 Å². The number of carbonyl (C=O) groups excluding carboxylic acids is 1. The maximum absolute atomic E-state index is 15.2. The summed E-state index contributed by atoms with van der Waals surface area (Å²) < 4.78 is 75.4. The lowest BCUT2D eigenvalue weighted by Gasteiger charge is -2.34. The third-order valence-electron chi connectivity index (χ3n) is 9.02. The number of halogens is 5. The molecule has 2 N–H and O–H groups in total. The maximum atomic E-state index is 15.2. The Labute approximate surface area is 277 Å². The summed E-state index contributed by atoms with van der Waals surface area (Å²) in [6.07, 6.45) is -5.28. The number of nitrogens with zero attached hydrogens (tertiary/aromatic N) is 3. The Balaban J connectivity index is 1.36. The lowest BCUT2D eigenvalue weighted by molar-refractivity contribution is -0.139. The lowest BCUT2D eigenvalue weighted by atomic mass is 9.90. The van der Waals surface area contributed by atoms with Crippen LogP contribution >= 0.6 is 0 Å². The summed E-state index contributed by atoms with van der Waals surface area (Å²) in [6.45, 7) is 2.43. The molecule has 13 heteroatoms. The van der Waals surface area contributed by atoms with Gasteiger partial charge in [-0.25, -0.2) is 13.6 Å². The van der Waals surface area contributed by atoms with Crippen molar-refractivity contribution in [3.05, 3.63) is 111 Å². The molecule has 0 spiro atoms. The van der Waals surface area contributed by atoms with Crippen molar-refractivity contribution in [2.45, 2.75) is 18.6 Å². The van der Waals surface area contributed by atoms with Gasteiger partial charge in [0, 0.05) is 50.7 Å². The summed E-state index contributed by atoms with van der Waals surface area (Å²) in [5.41, 5.74) is -2.81. The summed E-state index contributed by atoms with van der Waals surface area (Å²) in [5, 5.41) is 12.6. The van der Waals surface area contributed by atoms with Crippen molar-refractivity contribution in [2.75, 3.05) is 38.1 Å². The highest BCUT2D eigenvalue weighted by Gasteiger charge is 2.38. The Bertz CT molecular complexity index is 2150. The number of alkyl halides is 3. The molecule has 1 aromatic heterocycles. The first-order valence-corrected chi connectivity index (χ1v) is 15.4. The van der Waals surface area contributed by atoms with Crippen LogP contribution in [0.4, 0.5) is 27.6 Å². The average molecular weight is 679 g/mol. The van der Waals surface area contributed by atoms with Crippen LogP contribution in [0.3, 0.4) is 0 Å². The molecule has 1 atom stereocenters. The van der Waals surface area contributed by atoms with E-state index in [2.05, 4.69) is 10.2 Å². The molecule has 1 aliphatic rings. The van der Waals surface area contributed by atoms with E-state index >= 15 is 8.78 Å². The SMILES string of the molecule is CN1CCN(c2cc(F)c(C(=O)N[C@@H](Cc3cccc4c(-c5c(C(F)(F)F)c6ccccc6n(C)c5=O)cccc34)C(=O)O)c(F)c2)CC1. The standard InChI is InChI=1S/C36H31F5N4O4/c1-43-13-15-45(16-14-43)21-18-26(37)31(27(38)19-21)33(46)42-28(35(48)49)17-20-7-5-10-23-22(20)9-6-11-24(23)30-32(36(39,40)41)25-8-3-4-12-29(25)44(2)34(30)47/h3-12,18-19,28H,13-17H2,1-2H3,(H,42,46)(H,48,49)/t28-/m0/s1. The zero-order chi connectivity index (χ0) is 35.2. The van der Waals surface area contributed by atoms with Gasteiger partial charge in [0.2, 0.25) is 0 Å². The van der Waals surface area contributed by atoms with Gasteiger partial charge in [-0.2, -0.15) is 13.2 Å². The highest BCUT2D eigenvalue weighted by atomic mass is 19.4. The molecule has 0 unspecified atom stereocenters. The van der Waals surface area contributed by atoms with Gasteiger partial charge in [0.05, 0.1) is 16.6 Å². The fourth-order valence-electron chi connectivity index (χ4n) is 6.49. The minimum Gasteiger partial charge on any atom is -0.480 e. The number of anilines is 1. The van der Waals surface area contributed by atoms with Crippen molar-refractivity contribution in [3.63, 3.8) is 0 Å². The van der Waals surface area contributed by atoms with Crippen molar-refractivity contribution < 1.29 is 36.6 Å². The number of hydrogen-bond donors (Lipinski definition) is 2. The van der Waals surface area contributed by atoms with Crippen molar-refractivity contribution in [3.8, 4) is 11.1 Å². The van der Waals surface area contributed by atoms with E-state index in [0.29, 0.717) is 37.1 Å². The van der Waals surface area contributed by atoms with E-state index in [9.17, 15) is 32.7 Å². The van der Waals surface area contributed by atoms with Crippen molar-refractivity contribution in [2.24, 2.45) is 7.05 Å². The Hall–Kier alpha value is -5.30. The van der Waals surface area contributed by atoms with Crippen LogP contribution in [0.15, 0.2) is 77.6 Å². The highest BCUT2D eigenvalue weighted by molar-refractivity contribution is 6.02. The number of fused-ring (bicyclic) bond motifs is 2. The van der Waals surface area contributed by atoms with Crippen molar-refractivity contribution in [1.82, 2.24) is 14.8 Å². The molecule has 8 nitrogen and oxygen atoms in total. The van der Waals surface area contributed by atoms with Crippen LogP contribution in [0.25, 0.3) is 32.8 Å². The van der Waals surface area contributed by atoms with Crippen LogP contribution < -0.4 is 15.8 Å². The molecular weight excluding hydrogens is 647 g/mol. The molecule has 1 amide bonds. The van der Waals surface area contributed by atoms with E-state index < -0.39 is 58.0 Å². The number of rotatable bonds is 7. The van der Waals surface area contributed by atoms with Crippen molar-refractivity contribution >= 4 is 39.2 Å². The van der Waals surface area contributed by atoms with Crippen molar-refractivity contribution in [1.29, 1.82) is 0 Å². The summed E-state index contributed by atoms with van der Waals surface area (Å²) in [5.74, 6) is -5.08. The van der Waals surface area contributed by atoms with Gasteiger partial charge < -0.3 is 24.8 Å². The largest absolute Gasteiger partial charge is 0.480 e. The number of amides is 1. The third-order valence-corrected chi connectivity index (χ3v) is 9.02. The Morgan fingerprint density at radius 1 is 0.857 bits per heavy atom. The van der Waals surface area contributed by atoms with Crippen LogP contribution in [0.2, 0.25) is 0 Å². The zero-order valence-electron chi connectivity index (χ0n) is 26.4. The number of carboxylic acids is 1. The Morgan fingerprint density at radius 3 is 2.12 bits per heavy atom.